The zero-order chi connectivity index (χ0) is 26.2. The van der Waals surface area contributed by atoms with Crippen LogP contribution in [0.3, 0.4) is 0 Å². The number of rotatable bonds is 7. The number of benzene rings is 1. The fraction of sp³-hybridized carbons (Fsp3) is 0.240. The molecule has 0 saturated carbocycles. The molecule has 1 aromatic carbocycles. The second kappa shape index (κ2) is 10.0. The zero-order valence-electron chi connectivity index (χ0n) is 20.0. The molecule has 5 heterocycles. The number of hydrogen-bond acceptors (Lipinski definition) is 10. The maximum atomic E-state index is 13.6. The Kier molecular flexibility index (Phi) is 6.39. The summed E-state index contributed by atoms with van der Waals surface area (Å²) >= 11 is 2.39. The fourth-order valence-corrected chi connectivity index (χ4v) is 6.30. The lowest BCUT2D eigenvalue weighted by molar-refractivity contribution is 0.0701. The number of hydrogen-bond donors (Lipinski definition) is 3. The van der Waals surface area contributed by atoms with E-state index in [0.717, 1.165) is 27.4 Å². The van der Waals surface area contributed by atoms with Gasteiger partial charge < -0.3 is 25.4 Å². The topological polar surface area (TPSA) is 138 Å². The maximum absolute atomic E-state index is 13.6. The molecule has 0 spiro atoms. The van der Waals surface area contributed by atoms with Crippen molar-refractivity contribution in [3.8, 4) is 0 Å². The van der Waals surface area contributed by atoms with Crippen LogP contribution in [-0.4, -0.2) is 70.7 Å². The van der Waals surface area contributed by atoms with Gasteiger partial charge in [-0.15, -0.1) is 11.3 Å². The number of carbonyl (C=O) groups excluding carboxylic acids is 1. The van der Waals surface area contributed by atoms with Crippen LogP contribution in [-0.2, 0) is 4.74 Å². The van der Waals surface area contributed by atoms with Crippen molar-refractivity contribution in [1.29, 1.82) is 0 Å². The first-order valence-electron chi connectivity index (χ1n) is 11.9. The van der Waals surface area contributed by atoms with Gasteiger partial charge in [-0.1, -0.05) is 23.5 Å². The number of ether oxygens (including phenoxy) is 1. The first-order valence-corrected chi connectivity index (χ1v) is 13.6. The molecule has 4 aromatic heterocycles. The number of pyridine rings is 2. The molecule has 0 unspecified atom stereocenters. The number of nitrogens with zero attached hydrogens (tertiary/aromatic N) is 4. The van der Waals surface area contributed by atoms with Crippen LogP contribution in [0, 0.1) is 0 Å². The summed E-state index contributed by atoms with van der Waals surface area (Å²) in [6, 6.07) is 11.3. The molecule has 1 amide bonds. The number of nitrogens with one attached hydrogen (secondary N) is 2. The number of aromatic carboxylic acids is 1. The van der Waals surface area contributed by atoms with Crippen molar-refractivity contribution in [2.45, 2.75) is 0 Å². The molecule has 1 fully saturated rings. The number of fused-ring (bicyclic) bond motifs is 5. The van der Waals surface area contributed by atoms with Crippen LogP contribution in [0.25, 0.3) is 26.1 Å². The van der Waals surface area contributed by atoms with Crippen molar-refractivity contribution in [3.63, 3.8) is 0 Å². The highest BCUT2D eigenvalue weighted by molar-refractivity contribution is 7.24. The minimum Gasteiger partial charge on any atom is -0.477 e. The average molecular weight is 551 g/mol. The van der Waals surface area contributed by atoms with Crippen LogP contribution in [0.15, 0.2) is 47.4 Å². The number of anilines is 2. The molecular weight excluding hydrogens is 528 g/mol. The van der Waals surface area contributed by atoms with E-state index in [0.29, 0.717) is 53.8 Å². The van der Waals surface area contributed by atoms with Crippen molar-refractivity contribution < 1.29 is 19.4 Å². The van der Waals surface area contributed by atoms with Gasteiger partial charge in [-0.2, -0.15) is 0 Å². The summed E-state index contributed by atoms with van der Waals surface area (Å²) < 4.78 is 8.30. The van der Waals surface area contributed by atoms with Crippen LogP contribution >= 0.6 is 22.7 Å². The quantitative estimate of drug-likeness (QED) is 0.261. The maximum Gasteiger partial charge on any atom is 0.347 e. The lowest BCUT2D eigenvalue weighted by Crippen LogP contribution is -2.37. The predicted molar refractivity (Wildman–Crippen MR) is 147 cm³/mol. The molecule has 11 nitrogen and oxygen atoms in total. The number of carboxylic acid groups (broad SMARTS) is 1. The van der Waals surface area contributed by atoms with Gasteiger partial charge in [-0.25, -0.2) is 14.8 Å². The molecule has 3 N–H and O–H groups in total. The number of carboxylic acids is 1. The lowest BCUT2D eigenvalue weighted by Gasteiger charge is -2.27. The standard InChI is InChI=1S/C25H22N6O5S2/c32-20-14-5-6-18(30-9-11-36-12-10-30)29-21(14)31-15-3-1-2-4-16(15)37-23(31)19(20)22(33)26-7-8-27-25-28-13-17(38-25)24(34)35/h1-6,13H,7-12H2,(H,26,33)(H,27,28)(H,34,35). The van der Waals surface area contributed by atoms with Gasteiger partial charge in [0.05, 0.1) is 35.0 Å². The smallest absolute Gasteiger partial charge is 0.347 e. The molecule has 5 aromatic rings. The van der Waals surface area contributed by atoms with Crippen LogP contribution in [0.1, 0.15) is 20.0 Å². The van der Waals surface area contributed by atoms with Gasteiger partial charge in [-0.05, 0) is 24.3 Å². The Hall–Kier alpha value is -4.07. The van der Waals surface area contributed by atoms with Gasteiger partial charge in [0, 0.05) is 26.2 Å². The van der Waals surface area contributed by atoms with Gasteiger partial charge in [0.1, 0.15) is 21.1 Å². The second-order valence-corrected chi connectivity index (χ2v) is 10.6. The molecule has 0 aliphatic carbocycles. The number of thiazole rings is 2. The molecular formula is C25H22N6O5S2. The lowest BCUT2D eigenvalue weighted by atomic mass is 10.1. The number of para-hydroxylation sites is 1. The van der Waals surface area contributed by atoms with Gasteiger partial charge in [-0.3, -0.25) is 14.0 Å². The van der Waals surface area contributed by atoms with Crippen molar-refractivity contribution in [2.75, 3.05) is 49.6 Å². The van der Waals surface area contributed by atoms with Gasteiger partial charge in [0.15, 0.2) is 10.8 Å². The van der Waals surface area contributed by atoms with E-state index < -0.39 is 11.9 Å². The number of amides is 1. The Bertz CT molecular complexity index is 1750. The highest BCUT2D eigenvalue weighted by atomic mass is 32.1. The van der Waals surface area contributed by atoms with Gasteiger partial charge >= 0.3 is 5.97 Å². The zero-order valence-corrected chi connectivity index (χ0v) is 21.6. The number of morpholine rings is 1. The molecule has 38 heavy (non-hydrogen) atoms. The monoisotopic (exact) mass is 550 g/mol. The Morgan fingerprint density at radius 2 is 1.89 bits per heavy atom. The summed E-state index contributed by atoms with van der Waals surface area (Å²) in [5, 5.41) is 15.7. The normalized spacial score (nSPS) is 13.8. The Morgan fingerprint density at radius 3 is 2.68 bits per heavy atom. The molecule has 6 rings (SSSR count). The third-order valence-corrected chi connectivity index (χ3v) is 8.33. The average Bonchev–Trinajstić information content (AvgIpc) is 3.57. The van der Waals surface area contributed by atoms with E-state index in [1.807, 2.05) is 34.7 Å². The third kappa shape index (κ3) is 4.34. The minimum absolute atomic E-state index is 0.0713. The van der Waals surface area contributed by atoms with Crippen LogP contribution in [0.2, 0.25) is 0 Å². The number of aromatic nitrogens is 3. The Labute approximate surface area is 223 Å². The van der Waals surface area contributed by atoms with E-state index in [1.165, 1.54) is 17.5 Å². The van der Waals surface area contributed by atoms with Crippen LogP contribution in [0.5, 0.6) is 0 Å². The van der Waals surface area contributed by atoms with Crippen molar-refractivity contribution >= 4 is 71.6 Å². The summed E-state index contributed by atoms with van der Waals surface area (Å²) in [6.07, 6.45) is 1.28. The Morgan fingerprint density at radius 1 is 1.08 bits per heavy atom. The molecule has 0 atom stereocenters. The molecule has 1 aliphatic rings. The molecule has 0 radical (unpaired) electrons. The third-order valence-electron chi connectivity index (χ3n) is 6.24. The molecule has 194 valence electrons. The SMILES string of the molecule is O=C(O)c1cnc(NCCNC(=O)c2c(=O)c3ccc(N4CCOCC4)nc3n3c2sc2ccccc23)s1. The van der Waals surface area contributed by atoms with Crippen LogP contribution < -0.4 is 21.0 Å². The molecule has 0 bridgehead atoms. The minimum atomic E-state index is -1.04. The highest BCUT2D eigenvalue weighted by Crippen LogP contribution is 2.31. The summed E-state index contributed by atoms with van der Waals surface area (Å²) in [6.45, 7) is 3.19. The van der Waals surface area contributed by atoms with Gasteiger partial charge in [0.2, 0.25) is 5.43 Å². The van der Waals surface area contributed by atoms with Crippen LogP contribution in [0.4, 0.5) is 10.9 Å². The largest absolute Gasteiger partial charge is 0.477 e. The highest BCUT2D eigenvalue weighted by Gasteiger charge is 2.23. The number of carbonyl (C=O) groups is 2. The molecule has 1 aliphatic heterocycles. The van der Waals surface area contributed by atoms with Crippen molar-refractivity contribution in [1.82, 2.24) is 19.7 Å². The molecule has 1 saturated heterocycles. The summed E-state index contributed by atoms with van der Waals surface area (Å²) in [4.78, 5) is 49.7. The van der Waals surface area contributed by atoms with E-state index in [2.05, 4.69) is 20.5 Å². The van der Waals surface area contributed by atoms with E-state index >= 15 is 0 Å². The first kappa shape index (κ1) is 24.3. The van der Waals surface area contributed by atoms with E-state index in [4.69, 9.17) is 14.8 Å². The van der Waals surface area contributed by atoms with Crippen molar-refractivity contribution in [3.05, 3.63) is 63.3 Å². The second-order valence-electron chi connectivity index (χ2n) is 8.57. The van der Waals surface area contributed by atoms with E-state index in [9.17, 15) is 14.4 Å². The summed E-state index contributed by atoms with van der Waals surface area (Å²) in [5.41, 5.74) is 1.09. The Balaban J connectivity index is 1.35. The van der Waals surface area contributed by atoms with E-state index in [1.54, 1.807) is 6.07 Å². The predicted octanol–water partition coefficient (Wildman–Crippen LogP) is 2.90. The molecule has 13 heteroatoms. The van der Waals surface area contributed by atoms with E-state index in [-0.39, 0.29) is 22.4 Å². The summed E-state index contributed by atoms with van der Waals surface area (Å²) in [5.74, 6) is -0.759. The first-order chi connectivity index (χ1) is 18.5. The van der Waals surface area contributed by atoms with Gasteiger partial charge in [0.25, 0.3) is 5.91 Å². The summed E-state index contributed by atoms with van der Waals surface area (Å²) in [7, 11) is 0. The van der Waals surface area contributed by atoms with Crippen molar-refractivity contribution in [2.24, 2.45) is 0 Å². The fourth-order valence-electron chi connectivity index (χ4n) is 4.44.